The number of methoxy groups -OCH3 is 1. The summed E-state index contributed by atoms with van der Waals surface area (Å²) in [5.41, 5.74) is 1.60. The van der Waals surface area contributed by atoms with Crippen molar-refractivity contribution in [2.24, 2.45) is 0 Å². The number of hydrogen-bond acceptors (Lipinski definition) is 3. The maximum Gasteiger partial charge on any atom is 0.170 e. The molecule has 2 rings (SSSR count). The zero-order chi connectivity index (χ0) is 13.7. The molecular weight excluding hydrogens is 261 g/mol. The zero-order valence-corrected chi connectivity index (χ0v) is 11.8. The first-order valence-corrected chi connectivity index (χ1v) is 7.17. The maximum absolute atomic E-state index is 14.0. The van der Waals surface area contributed by atoms with Crippen LogP contribution in [0.1, 0.15) is 5.56 Å². The van der Waals surface area contributed by atoms with Gasteiger partial charge in [-0.1, -0.05) is 24.3 Å². The third-order valence-corrected chi connectivity index (χ3v) is 3.64. The van der Waals surface area contributed by atoms with E-state index in [9.17, 15) is 4.39 Å². The van der Waals surface area contributed by atoms with Crippen LogP contribution in [-0.4, -0.2) is 13.4 Å². The number of hydrogen-bond donors (Lipinski definition) is 1. The Bertz CT molecular complexity index is 560. The predicted molar refractivity (Wildman–Crippen MR) is 78.5 cm³/mol. The molecule has 2 aromatic carbocycles. The van der Waals surface area contributed by atoms with E-state index in [1.807, 2.05) is 30.5 Å². The van der Waals surface area contributed by atoms with Crippen LogP contribution in [0.4, 0.5) is 10.1 Å². The van der Waals surface area contributed by atoms with Crippen LogP contribution in [0.25, 0.3) is 0 Å². The molecule has 19 heavy (non-hydrogen) atoms. The highest BCUT2D eigenvalue weighted by molar-refractivity contribution is 7.98. The quantitative estimate of drug-likeness (QED) is 0.829. The number of anilines is 1. The van der Waals surface area contributed by atoms with Crippen molar-refractivity contribution in [3.05, 3.63) is 53.8 Å². The molecule has 4 heteroatoms. The van der Waals surface area contributed by atoms with E-state index < -0.39 is 0 Å². The van der Waals surface area contributed by atoms with Gasteiger partial charge in [0.15, 0.2) is 11.6 Å². The Hall–Kier alpha value is -1.68. The summed E-state index contributed by atoms with van der Waals surface area (Å²) < 4.78 is 19.0. The Morgan fingerprint density at radius 1 is 1.16 bits per heavy atom. The molecule has 1 N–H and O–H groups in total. The molecule has 0 saturated carbocycles. The molecule has 0 radical (unpaired) electrons. The molecule has 2 nitrogen and oxygen atoms in total. The highest BCUT2D eigenvalue weighted by atomic mass is 32.2. The first-order valence-electron chi connectivity index (χ1n) is 5.94. The fourth-order valence-electron chi connectivity index (χ4n) is 1.83. The summed E-state index contributed by atoms with van der Waals surface area (Å²) >= 11 is 1.66. The van der Waals surface area contributed by atoms with Crippen LogP contribution >= 0.6 is 11.8 Å². The Kier molecular flexibility index (Phi) is 4.68. The number of thioether (sulfide) groups is 1. The molecule has 0 aliphatic rings. The van der Waals surface area contributed by atoms with Crippen molar-refractivity contribution in [2.75, 3.05) is 18.7 Å². The molecule has 0 unspecified atom stereocenters. The van der Waals surface area contributed by atoms with Gasteiger partial charge in [0.2, 0.25) is 0 Å². The predicted octanol–water partition coefficient (Wildman–Crippen LogP) is 4.17. The number of halogens is 1. The second-order valence-corrected chi connectivity index (χ2v) is 4.84. The van der Waals surface area contributed by atoms with Gasteiger partial charge in [-0.2, -0.15) is 0 Å². The first-order chi connectivity index (χ1) is 9.26. The monoisotopic (exact) mass is 277 g/mol. The van der Waals surface area contributed by atoms with Crippen LogP contribution in [0.5, 0.6) is 5.75 Å². The second-order valence-electron chi connectivity index (χ2n) is 3.99. The number of para-hydroxylation sites is 1. The van der Waals surface area contributed by atoms with Crippen molar-refractivity contribution < 1.29 is 9.13 Å². The van der Waals surface area contributed by atoms with Crippen LogP contribution < -0.4 is 10.1 Å². The fraction of sp³-hybridized carbons (Fsp3) is 0.200. The molecule has 0 fully saturated rings. The molecule has 0 spiro atoms. The third-order valence-electron chi connectivity index (χ3n) is 2.84. The van der Waals surface area contributed by atoms with Gasteiger partial charge in [-0.25, -0.2) is 4.39 Å². The number of benzene rings is 2. The SMILES string of the molecule is COc1cccc(CNc2ccccc2SC)c1F. The minimum absolute atomic E-state index is 0.275. The van der Waals surface area contributed by atoms with Gasteiger partial charge in [0, 0.05) is 22.7 Å². The summed E-state index contributed by atoms with van der Waals surface area (Å²) in [4.78, 5) is 1.14. The lowest BCUT2D eigenvalue weighted by atomic mass is 10.2. The lowest BCUT2D eigenvalue weighted by Crippen LogP contribution is -2.03. The molecule has 0 aliphatic carbocycles. The summed E-state index contributed by atoms with van der Waals surface area (Å²) in [6.45, 7) is 0.431. The third kappa shape index (κ3) is 3.20. The number of nitrogens with one attached hydrogen (secondary N) is 1. The van der Waals surface area contributed by atoms with E-state index in [2.05, 4.69) is 5.32 Å². The Morgan fingerprint density at radius 2 is 1.95 bits per heavy atom. The average molecular weight is 277 g/mol. The summed E-state index contributed by atoms with van der Waals surface area (Å²) in [7, 11) is 1.47. The van der Waals surface area contributed by atoms with Crippen LogP contribution in [0.15, 0.2) is 47.4 Å². The van der Waals surface area contributed by atoms with Gasteiger partial charge < -0.3 is 10.1 Å². The Balaban J connectivity index is 2.15. The van der Waals surface area contributed by atoms with Crippen LogP contribution in [0.3, 0.4) is 0 Å². The van der Waals surface area contributed by atoms with Gasteiger partial charge in [0.05, 0.1) is 7.11 Å². The topological polar surface area (TPSA) is 21.3 Å². The molecule has 0 aliphatic heterocycles. The van der Waals surface area contributed by atoms with Gasteiger partial charge in [-0.3, -0.25) is 0 Å². The van der Waals surface area contributed by atoms with Crippen molar-refractivity contribution in [3.63, 3.8) is 0 Å². The van der Waals surface area contributed by atoms with E-state index >= 15 is 0 Å². The molecular formula is C15H16FNOS. The van der Waals surface area contributed by atoms with Gasteiger partial charge in [-0.15, -0.1) is 11.8 Å². The molecule has 2 aromatic rings. The highest BCUT2D eigenvalue weighted by Gasteiger charge is 2.08. The minimum atomic E-state index is -0.306. The average Bonchev–Trinajstić information content (AvgIpc) is 2.46. The first kappa shape index (κ1) is 13.7. The summed E-state index contributed by atoms with van der Waals surface area (Å²) in [6.07, 6.45) is 2.02. The van der Waals surface area contributed by atoms with Crippen LogP contribution in [-0.2, 0) is 6.54 Å². The molecule has 0 aromatic heterocycles. The number of ether oxygens (including phenoxy) is 1. The van der Waals surface area contributed by atoms with Crippen LogP contribution in [0, 0.1) is 5.82 Å². The largest absolute Gasteiger partial charge is 0.494 e. The lowest BCUT2D eigenvalue weighted by Gasteiger charge is -2.12. The Labute approximate surface area is 117 Å². The van der Waals surface area contributed by atoms with Gasteiger partial charge in [-0.05, 0) is 24.5 Å². The zero-order valence-electron chi connectivity index (χ0n) is 10.9. The van der Waals surface area contributed by atoms with E-state index in [1.165, 1.54) is 7.11 Å². The Morgan fingerprint density at radius 3 is 2.68 bits per heavy atom. The maximum atomic E-state index is 14.0. The van der Waals surface area contributed by atoms with E-state index in [1.54, 1.807) is 30.0 Å². The van der Waals surface area contributed by atoms with Gasteiger partial charge in [0.25, 0.3) is 0 Å². The molecule has 0 amide bonds. The summed E-state index contributed by atoms with van der Waals surface area (Å²) in [6, 6.07) is 13.1. The fourth-order valence-corrected chi connectivity index (χ4v) is 2.41. The molecule has 0 bridgehead atoms. The summed E-state index contributed by atoms with van der Waals surface area (Å²) in [5, 5.41) is 3.26. The van der Waals surface area contributed by atoms with Crippen molar-refractivity contribution in [3.8, 4) is 5.75 Å². The van der Waals surface area contributed by atoms with E-state index in [0.717, 1.165) is 10.6 Å². The molecule has 0 saturated heterocycles. The van der Waals surface area contributed by atoms with Crippen molar-refractivity contribution in [1.29, 1.82) is 0 Å². The van der Waals surface area contributed by atoms with Crippen molar-refractivity contribution in [2.45, 2.75) is 11.4 Å². The van der Waals surface area contributed by atoms with E-state index in [4.69, 9.17) is 4.74 Å². The lowest BCUT2D eigenvalue weighted by molar-refractivity contribution is 0.384. The summed E-state index contributed by atoms with van der Waals surface area (Å²) in [5.74, 6) is -0.0309. The molecule has 0 atom stereocenters. The molecule has 0 heterocycles. The normalized spacial score (nSPS) is 10.3. The van der Waals surface area contributed by atoms with Crippen molar-refractivity contribution in [1.82, 2.24) is 0 Å². The van der Waals surface area contributed by atoms with Crippen LogP contribution in [0.2, 0.25) is 0 Å². The smallest absolute Gasteiger partial charge is 0.170 e. The van der Waals surface area contributed by atoms with E-state index in [-0.39, 0.29) is 11.6 Å². The minimum Gasteiger partial charge on any atom is -0.494 e. The van der Waals surface area contributed by atoms with E-state index in [0.29, 0.717) is 12.1 Å². The van der Waals surface area contributed by atoms with Gasteiger partial charge >= 0.3 is 0 Å². The second kappa shape index (κ2) is 6.48. The van der Waals surface area contributed by atoms with Crippen molar-refractivity contribution >= 4 is 17.4 Å². The van der Waals surface area contributed by atoms with Gasteiger partial charge in [0.1, 0.15) is 0 Å². The number of rotatable bonds is 5. The highest BCUT2D eigenvalue weighted by Crippen LogP contribution is 2.26. The molecule has 100 valence electrons. The standard InChI is InChI=1S/C15H16FNOS/c1-18-13-8-5-6-11(15(13)16)10-17-12-7-3-4-9-14(12)19-2/h3-9,17H,10H2,1-2H3.